The SMILES string of the molecule is C#CCNC(=O)C1CCCN(c2nc3ccccc3n2C)C1. The van der Waals surface area contributed by atoms with E-state index in [0.29, 0.717) is 13.1 Å². The van der Waals surface area contributed by atoms with Crippen molar-refractivity contribution in [3.63, 3.8) is 0 Å². The molecule has 0 aliphatic carbocycles. The fourth-order valence-corrected chi connectivity index (χ4v) is 3.07. The standard InChI is InChI=1S/C17H20N4O/c1-3-10-18-16(22)13-7-6-11-21(12-13)17-19-14-8-4-5-9-15(14)20(17)2/h1,4-5,8-9,13H,6-7,10-12H2,2H3,(H,18,22). The van der Waals surface area contributed by atoms with Gasteiger partial charge in [0, 0.05) is 20.1 Å². The van der Waals surface area contributed by atoms with Gasteiger partial charge in [-0.3, -0.25) is 4.79 Å². The second-order valence-corrected chi connectivity index (χ2v) is 5.67. The number of rotatable bonds is 3. The molecule has 1 amide bonds. The fourth-order valence-electron chi connectivity index (χ4n) is 3.07. The van der Waals surface area contributed by atoms with Crippen molar-refractivity contribution in [2.75, 3.05) is 24.5 Å². The van der Waals surface area contributed by atoms with Crippen LogP contribution in [0.2, 0.25) is 0 Å². The van der Waals surface area contributed by atoms with Gasteiger partial charge in [-0.15, -0.1) is 6.42 Å². The zero-order chi connectivity index (χ0) is 15.5. The molecule has 1 atom stereocenters. The van der Waals surface area contributed by atoms with Crippen molar-refractivity contribution in [1.82, 2.24) is 14.9 Å². The van der Waals surface area contributed by atoms with Crippen molar-refractivity contribution in [3.05, 3.63) is 24.3 Å². The quantitative estimate of drug-likeness (QED) is 0.874. The van der Waals surface area contributed by atoms with Gasteiger partial charge in [-0.25, -0.2) is 4.98 Å². The van der Waals surface area contributed by atoms with Crippen molar-refractivity contribution < 1.29 is 4.79 Å². The van der Waals surface area contributed by atoms with Crippen LogP contribution in [-0.4, -0.2) is 35.1 Å². The van der Waals surface area contributed by atoms with Crippen molar-refractivity contribution in [3.8, 4) is 12.3 Å². The number of aromatic nitrogens is 2. The molecule has 1 aromatic carbocycles. The number of terminal acetylenes is 1. The van der Waals surface area contributed by atoms with Crippen LogP contribution in [0.3, 0.4) is 0 Å². The van der Waals surface area contributed by atoms with Gasteiger partial charge in [-0.05, 0) is 25.0 Å². The molecule has 1 aromatic heterocycles. The number of piperidine rings is 1. The van der Waals surface area contributed by atoms with Crippen molar-refractivity contribution in [2.45, 2.75) is 12.8 Å². The maximum absolute atomic E-state index is 12.1. The molecular formula is C17H20N4O. The van der Waals surface area contributed by atoms with Gasteiger partial charge in [-0.1, -0.05) is 18.1 Å². The number of nitrogens with one attached hydrogen (secondary N) is 1. The Balaban J connectivity index is 1.80. The first kappa shape index (κ1) is 14.5. The van der Waals surface area contributed by atoms with E-state index >= 15 is 0 Å². The smallest absolute Gasteiger partial charge is 0.225 e. The molecular weight excluding hydrogens is 276 g/mol. The van der Waals surface area contributed by atoms with E-state index in [1.54, 1.807) is 0 Å². The van der Waals surface area contributed by atoms with Gasteiger partial charge in [0.2, 0.25) is 11.9 Å². The lowest BCUT2D eigenvalue weighted by Gasteiger charge is -2.32. The summed E-state index contributed by atoms with van der Waals surface area (Å²) in [6, 6.07) is 8.08. The maximum Gasteiger partial charge on any atom is 0.225 e. The maximum atomic E-state index is 12.1. The second kappa shape index (κ2) is 6.10. The van der Waals surface area contributed by atoms with Crippen LogP contribution in [0.4, 0.5) is 5.95 Å². The zero-order valence-corrected chi connectivity index (χ0v) is 12.7. The second-order valence-electron chi connectivity index (χ2n) is 5.67. The molecule has 5 nitrogen and oxygen atoms in total. The van der Waals surface area contributed by atoms with E-state index in [1.165, 1.54) is 0 Å². The summed E-state index contributed by atoms with van der Waals surface area (Å²) in [5.41, 5.74) is 2.09. The topological polar surface area (TPSA) is 50.2 Å². The number of carbonyl (C=O) groups excluding carboxylic acids is 1. The Morgan fingerprint density at radius 3 is 3.09 bits per heavy atom. The number of hydrogen-bond donors (Lipinski definition) is 1. The Kier molecular flexibility index (Phi) is 4.01. The third-order valence-electron chi connectivity index (χ3n) is 4.20. The molecule has 114 valence electrons. The number of nitrogens with zero attached hydrogens (tertiary/aromatic N) is 3. The molecule has 0 bridgehead atoms. The van der Waals surface area contributed by atoms with Crippen LogP contribution in [0.25, 0.3) is 11.0 Å². The van der Waals surface area contributed by atoms with E-state index in [-0.39, 0.29) is 11.8 Å². The van der Waals surface area contributed by atoms with E-state index < -0.39 is 0 Å². The van der Waals surface area contributed by atoms with Crippen molar-refractivity contribution in [2.24, 2.45) is 13.0 Å². The molecule has 0 radical (unpaired) electrons. The molecule has 1 saturated heterocycles. The molecule has 3 rings (SSSR count). The van der Waals surface area contributed by atoms with Gasteiger partial charge in [0.1, 0.15) is 0 Å². The lowest BCUT2D eigenvalue weighted by molar-refractivity contribution is -0.125. The molecule has 2 aromatic rings. The molecule has 0 saturated carbocycles. The summed E-state index contributed by atoms with van der Waals surface area (Å²) < 4.78 is 2.09. The normalized spacial score (nSPS) is 18.2. The molecule has 1 fully saturated rings. The van der Waals surface area contributed by atoms with Gasteiger partial charge in [-0.2, -0.15) is 0 Å². The summed E-state index contributed by atoms with van der Waals surface area (Å²) in [6.45, 7) is 1.91. The average Bonchev–Trinajstić information content (AvgIpc) is 2.90. The molecule has 1 aliphatic rings. The first-order valence-electron chi connectivity index (χ1n) is 7.58. The first-order valence-corrected chi connectivity index (χ1v) is 7.58. The van der Waals surface area contributed by atoms with Gasteiger partial charge in [0.25, 0.3) is 0 Å². The lowest BCUT2D eigenvalue weighted by Crippen LogP contribution is -2.44. The minimum absolute atomic E-state index is 0.0260. The van der Waals surface area contributed by atoms with Gasteiger partial charge in [0.15, 0.2) is 0 Å². The molecule has 1 aliphatic heterocycles. The van der Waals surface area contributed by atoms with E-state index in [2.05, 4.69) is 26.8 Å². The van der Waals surface area contributed by atoms with Gasteiger partial charge in [0.05, 0.1) is 23.5 Å². The molecule has 1 N–H and O–H groups in total. The summed E-state index contributed by atoms with van der Waals surface area (Å²) in [6.07, 6.45) is 7.08. The minimum atomic E-state index is -0.0260. The van der Waals surface area contributed by atoms with E-state index in [9.17, 15) is 4.79 Å². The minimum Gasteiger partial charge on any atom is -0.345 e. The Bertz CT molecular complexity index is 728. The number of benzene rings is 1. The van der Waals surface area contributed by atoms with Crippen LogP contribution in [0.1, 0.15) is 12.8 Å². The summed E-state index contributed by atoms with van der Waals surface area (Å²) in [5.74, 6) is 3.39. The summed E-state index contributed by atoms with van der Waals surface area (Å²) in [5, 5.41) is 2.79. The van der Waals surface area contributed by atoms with Gasteiger partial charge < -0.3 is 14.8 Å². The highest BCUT2D eigenvalue weighted by molar-refractivity contribution is 5.81. The third kappa shape index (κ3) is 2.64. The number of fused-ring (bicyclic) bond motifs is 1. The summed E-state index contributed by atoms with van der Waals surface area (Å²) in [4.78, 5) is 19.0. The lowest BCUT2D eigenvalue weighted by atomic mass is 9.97. The zero-order valence-electron chi connectivity index (χ0n) is 12.7. The number of carbonyl (C=O) groups is 1. The van der Waals surface area contributed by atoms with Crippen LogP contribution < -0.4 is 10.2 Å². The molecule has 0 spiro atoms. The number of imidazole rings is 1. The van der Waals surface area contributed by atoms with E-state index in [1.807, 2.05) is 25.2 Å². The van der Waals surface area contributed by atoms with Crippen LogP contribution in [0, 0.1) is 18.3 Å². The number of para-hydroxylation sites is 2. The Hall–Kier alpha value is -2.48. The largest absolute Gasteiger partial charge is 0.345 e. The Morgan fingerprint density at radius 1 is 1.50 bits per heavy atom. The highest BCUT2D eigenvalue weighted by atomic mass is 16.1. The van der Waals surface area contributed by atoms with Crippen LogP contribution in [0.5, 0.6) is 0 Å². The molecule has 2 heterocycles. The summed E-state index contributed by atoms with van der Waals surface area (Å²) >= 11 is 0. The van der Waals surface area contributed by atoms with Gasteiger partial charge >= 0.3 is 0 Å². The first-order chi connectivity index (χ1) is 10.7. The Morgan fingerprint density at radius 2 is 2.32 bits per heavy atom. The fraction of sp³-hybridized carbons (Fsp3) is 0.412. The molecule has 5 heteroatoms. The number of aryl methyl sites for hydroxylation is 1. The third-order valence-corrected chi connectivity index (χ3v) is 4.20. The number of anilines is 1. The molecule has 1 unspecified atom stereocenters. The Labute approximate surface area is 130 Å². The predicted octanol–water partition coefficient (Wildman–Crippen LogP) is 1.54. The number of amides is 1. The van der Waals surface area contributed by atoms with Crippen LogP contribution >= 0.6 is 0 Å². The highest BCUT2D eigenvalue weighted by Gasteiger charge is 2.27. The molecule has 22 heavy (non-hydrogen) atoms. The highest BCUT2D eigenvalue weighted by Crippen LogP contribution is 2.25. The van der Waals surface area contributed by atoms with Crippen molar-refractivity contribution >= 4 is 22.9 Å². The monoisotopic (exact) mass is 296 g/mol. The summed E-state index contributed by atoms with van der Waals surface area (Å²) in [7, 11) is 2.02. The van der Waals surface area contributed by atoms with Crippen LogP contribution in [0.15, 0.2) is 24.3 Å². The van der Waals surface area contributed by atoms with E-state index in [4.69, 9.17) is 11.4 Å². The predicted molar refractivity (Wildman–Crippen MR) is 87.5 cm³/mol. The van der Waals surface area contributed by atoms with Crippen molar-refractivity contribution in [1.29, 1.82) is 0 Å². The van der Waals surface area contributed by atoms with E-state index in [0.717, 1.165) is 36.4 Å². The van der Waals surface area contributed by atoms with Crippen LogP contribution in [-0.2, 0) is 11.8 Å². The average molecular weight is 296 g/mol. The number of hydrogen-bond acceptors (Lipinski definition) is 3.